The van der Waals surface area contributed by atoms with Crippen molar-refractivity contribution in [2.45, 2.75) is 74.4 Å². The zero-order chi connectivity index (χ0) is 35.8. The number of aromatic amines is 1. The molecule has 0 amide bonds. The summed E-state index contributed by atoms with van der Waals surface area (Å²) in [7, 11) is 0. The van der Waals surface area contributed by atoms with Gasteiger partial charge in [0.05, 0.1) is 29.6 Å². The normalized spacial score (nSPS) is 17.8. The van der Waals surface area contributed by atoms with Crippen molar-refractivity contribution in [1.82, 2.24) is 19.4 Å². The van der Waals surface area contributed by atoms with E-state index in [2.05, 4.69) is 32.5 Å². The number of aromatic nitrogens is 3. The van der Waals surface area contributed by atoms with E-state index in [9.17, 15) is 9.18 Å². The minimum atomic E-state index is -0.543. The number of nitrogens with zero attached hydrogens (tertiary/aromatic N) is 4. The van der Waals surface area contributed by atoms with E-state index < -0.39 is 11.5 Å². The maximum atomic E-state index is 15.3. The molecule has 5 rings (SSSR count). The summed E-state index contributed by atoms with van der Waals surface area (Å²) in [5.74, 6) is -0.105. The van der Waals surface area contributed by atoms with Gasteiger partial charge in [0.15, 0.2) is 5.82 Å². The van der Waals surface area contributed by atoms with Crippen LogP contribution in [0, 0.1) is 5.82 Å². The second kappa shape index (κ2) is 17.6. The largest absolute Gasteiger partial charge is 0.386 e. The van der Waals surface area contributed by atoms with Crippen LogP contribution in [0.3, 0.4) is 0 Å². The Morgan fingerprint density at radius 1 is 1.26 bits per heavy atom. The highest BCUT2D eigenvalue weighted by Gasteiger charge is 2.32. The fraction of sp³-hybridized carbons (Fsp3) is 0.432. The van der Waals surface area contributed by atoms with E-state index in [1.165, 1.54) is 4.57 Å². The molecule has 0 bridgehead atoms. The van der Waals surface area contributed by atoms with Gasteiger partial charge in [-0.15, -0.1) is 18.3 Å². The second-order valence-electron chi connectivity index (χ2n) is 12.8. The van der Waals surface area contributed by atoms with Crippen molar-refractivity contribution in [1.29, 1.82) is 0 Å². The van der Waals surface area contributed by atoms with Gasteiger partial charge in [-0.25, -0.2) is 9.18 Å². The molecule has 0 spiro atoms. The molecular weight excluding hydrogens is 678 g/mol. The number of halogens is 3. The number of aliphatic imine (C=N–C) groups is 1. The number of alkyl halides is 1. The van der Waals surface area contributed by atoms with Crippen LogP contribution in [-0.4, -0.2) is 69.9 Å². The topological polar surface area (TPSA) is 144 Å². The van der Waals surface area contributed by atoms with Gasteiger partial charge in [0.1, 0.15) is 11.5 Å². The summed E-state index contributed by atoms with van der Waals surface area (Å²) in [5, 5.41) is 0.677. The highest BCUT2D eigenvalue weighted by Crippen LogP contribution is 2.40. The first-order chi connectivity index (χ1) is 24.2. The number of H-pyrrole nitrogens is 1. The SMILES string of the molecule is C=C[C@H](N)CCCc1cc(Cl)c(F)c(-c2cc3cn(-c4ccc([C@@H]5CCC[C@@H](CCN=C(N)CN)N5CCCF)c(SC)c4)c(=O)nc3[nH]2)c1. The number of benzene rings is 2. The van der Waals surface area contributed by atoms with Crippen molar-refractivity contribution in [3.05, 3.63) is 87.7 Å². The number of thioether (sulfide) groups is 1. The molecule has 0 aliphatic carbocycles. The molecule has 50 heavy (non-hydrogen) atoms. The highest BCUT2D eigenvalue weighted by atomic mass is 35.5. The average Bonchev–Trinajstić information content (AvgIpc) is 3.53. The lowest BCUT2D eigenvalue weighted by atomic mass is 9.89. The van der Waals surface area contributed by atoms with Crippen molar-refractivity contribution >= 4 is 40.2 Å². The molecule has 13 heteroatoms. The van der Waals surface area contributed by atoms with E-state index in [0.717, 1.165) is 54.5 Å². The zero-order valence-corrected chi connectivity index (χ0v) is 30.1. The van der Waals surface area contributed by atoms with Gasteiger partial charge < -0.3 is 22.2 Å². The van der Waals surface area contributed by atoms with Crippen LogP contribution in [0.25, 0.3) is 28.0 Å². The van der Waals surface area contributed by atoms with Crippen molar-refractivity contribution in [3.8, 4) is 16.9 Å². The molecule has 0 saturated carbocycles. The molecule has 9 nitrogen and oxygen atoms in total. The highest BCUT2D eigenvalue weighted by molar-refractivity contribution is 7.98. The van der Waals surface area contributed by atoms with E-state index >= 15 is 4.39 Å². The zero-order valence-electron chi connectivity index (χ0n) is 28.5. The number of hydrogen-bond donors (Lipinski definition) is 4. The van der Waals surface area contributed by atoms with Crippen LogP contribution in [0.1, 0.15) is 62.1 Å². The number of piperidine rings is 1. The third-order valence-electron chi connectivity index (χ3n) is 9.47. The third kappa shape index (κ3) is 8.84. The van der Waals surface area contributed by atoms with Gasteiger partial charge in [-0.3, -0.25) is 18.8 Å². The molecule has 1 aliphatic rings. The Morgan fingerprint density at radius 2 is 2.08 bits per heavy atom. The number of rotatable bonds is 16. The molecule has 1 saturated heterocycles. The van der Waals surface area contributed by atoms with Crippen molar-refractivity contribution in [2.75, 3.05) is 32.6 Å². The summed E-state index contributed by atoms with van der Waals surface area (Å²) in [4.78, 5) is 28.7. The average molecular weight is 725 g/mol. The number of fused-ring (bicyclic) bond motifs is 1. The Kier molecular flexibility index (Phi) is 13.3. The molecule has 268 valence electrons. The predicted octanol–water partition coefficient (Wildman–Crippen LogP) is 6.69. The van der Waals surface area contributed by atoms with Crippen LogP contribution >= 0.6 is 23.4 Å². The van der Waals surface area contributed by atoms with Crippen molar-refractivity contribution < 1.29 is 8.78 Å². The molecule has 0 radical (unpaired) electrons. The molecule has 7 N–H and O–H groups in total. The van der Waals surface area contributed by atoms with E-state index in [0.29, 0.717) is 59.7 Å². The summed E-state index contributed by atoms with van der Waals surface area (Å²) < 4.78 is 30.2. The summed E-state index contributed by atoms with van der Waals surface area (Å²) in [6.45, 7) is 4.80. The first-order valence-corrected chi connectivity index (χ1v) is 18.7. The molecule has 1 fully saturated rings. The fourth-order valence-electron chi connectivity index (χ4n) is 6.87. The monoisotopic (exact) mass is 724 g/mol. The summed E-state index contributed by atoms with van der Waals surface area (Å²) in [6, 6.07) is 11.5. The molecule has 4 aromatic rings. The van der Waals surface area contributed by atoms with Crippen LogP contribution in [-0.2, 0) is 6.42 Å². The van der Waals surface area contributed by atoms with E-state index in [-0.39, 0.29) is 36.4 Å². The Labute approximate surface area is 301 Å². The van der Waals surface area contributed by atoms with Gasteiger partial charge in [-0.1, -0.05) is 23.7 Å². The Balaban J connectivity index is 1.43. The minimum Gasteiger partial charge on any atom is -0.386 e. The van der Waals surface area contributed by atoms with Crippen molar-refractivity contribution in [2.24, 2.45) is 22.2 Å². The molecule has 2 aromatic heterocycles. The maximum Gasteiger partial charge on any atom is 0.354 e. The first-order valence-electron chi connectivity index (χ1n) is 17.1. The lowest BCUT2D eigenvalue weighted by Crippen LogP contribution is -2.43. The Morgan fingerprint density at radius 3 is 2.82 bits per heavy atom. The van der Waals surface area contributed by atoms with Gasteiger partial charge in [0.2, 0.25) is 0 Å². The standard InChI is InChI=1S/C37H47ClF2N8OS/c1-3-25(42)8-4-7-23-17-29(35(40)30(38)18-23)31-19-24-22-48(37(49)46-36(24)45-31)27-11-12-28(33(20-27)50-2)32-10-5-9-26(47(32)16-6-14-39)13-15-44-34(43)21-41/h3,11-12,17-20,22,25-26,32H,1,4-10,13-16,21,41-42H2,2H3,(H2,43,44)(H,45,46,49)/t25-,26-,32-/m0/s1. The summed E-state index contributed by atoms with van der Waals surface area (Å²) in [6.07, 6.45) is 12.0. The second-order valence-corrected chi connectivity index (χ2v) is 14.0. The molecular formula is C37H47ClF2N8OS. The number of likely N-dealkylation sites (tertiary alicyclic amines) is 1. The molecule has 2 aromatic carbocycles. The maximum absolute atomic E-state index is 15.3. The summed E-state index contributed by atoms with van der Waals surface area (Å²) in [5.41, 5.74) is 20.8. The number of nitrogens with one attached hydrogen (secondary N) is 1. The number of nitrogens with two attached hydrogens (primary N) is 3. The van der Waals surface area contributed by atoms with E-state index in [1.807, 2.05) is 18.4 Å². The Bertz CT molecular complexity index is 1880. The van der Waals surface area contributed by atoms with Crippen LogP contribution in [0.15, 0.2) is 69.9 Å². The van der Waals surface area contributed by atoms with Crippen molar-refractivity contribution in [3.63, 3.8) is 0 Å². The number of amidine groups is 1. The van der Waals surface area contributed by atoms with Gasteiger partial charge in [-0.05, 0) is 99.1 Å². The third-order valence-corrected chi connectivity index (χ3v) is 10.5. The van der Waals surface area contributed by atoms with Crippen LogP contribution in [0.2, 0.25) is 5.02 Å². The van der Waals surface area contributed by atoms with Crippen LogP contribution < -0.4 is 22.9 Å². The smallest absolute Gasteiger partial charge is 0.354 e. The molecule has 3 heterocycles. The van der Waals surface area contributed by atoms with Gasteiger partial charge >= 0.3 is 5.69 Å². The Hall–Kier alpha value is -3.55. The predicted molar refractivity (Wildman–Crippen MR) is 203 cm³/mol. The molecule has 3 atom stereocenters. The van der Waals surface area contributed by atoms with Gasteiger partial charge in [-0.2, -0.15) is 4.98 Å². The minimum absolute atomic E-state index is 0.0266. The number of hydrogen-bond acceptors (Lipinski definition) is 7. The summed E-state index contributed by atoms with van der Waals surface area (Å²) >= 11 is 7.92. The first kappa shape index (κ1) is 37.7. The number of aryl methyl sites for hydroxylation is 1. The van der Waals surface area contributed by atoms with E-state index in [4.69, 9.17) is 28.8 Å². The van der Waals surface area contributed by atoms with Gasteiger partial charge in [0.25, 0.3) is 0 Å². The van der Waals surface area contributed by atoms with Crippen LogP contribution in [0.4, 0.5) is 8.78 Å². The quantitative estimate of drug-likeness (QED) is 0.0436. The fourth-order valence-corrected chi connectivity index (χ4v) is 7.79. The van der Waals surface area contributed by atoms with E-state index in [1.54, 1.807) is 42.2 Å². The molecule has 0 unspecified atom stereocenters. The lowest BCUT2D eigenvalue weighted by molar-refractivity contribution is 0.0735. The van der Waals surface area contributed by atoms with Gasteiger partial charge in [0, 0.05) is 53.3 Å². The lowest BCUT2D eigenvalue weighted by Gasteiger charge is -2.43. The molecule has 1 aliphatic heterocycles. The van der Waals surface area contributed by atoms with Crippen LogP contribution in [0.5, 0.6) is 0 Å².